The second kappa shape index (κ2) is 9.05. The van der Waals surface area contributed by atoms with Crippen molar-refractivity contribution in [3.05, 3.63) is 29.8 Å². The van der Waals surface area contributed by atoms with Crippen LogP contribution in [-0.4, -0.2) is 68.0 Å². The maximum absolute atomic E-state index is 12.5. The van der Waals surface area contributed by atoms with Gasteiger partial charge in [-0.1, -0.05) is 18.2 Å². The van der Waals surface area contributed by atoms with E-state index in [1.54, 1.807) is 16.9 Å². The molecule has 2 rings (SSSR count). The Hall–Kier alpha value is -2.57. The Labute approximate surface area is 147 Å². The van der Waals surface area contributed by atoms with Gasteiger partial charge in [0.15, 0.2) is 0 Å². The van der Waals surface area contributed by atoms with E-state index in [-0.39, 0.29) is 37.0 Å². The SMILES string of the molecule is COC(=O)CCC(=O)N1CCN(C(=O)Cc2ccccc2OC)CC1. The minimum Gasteiger partial charge on any atom is -0.496 e. The Bertz CT molecular complexity index is 624. The molecule has 0 aliphatic carbocycles. The number of nitrogens with zero attached hydrogens (tertiary/aromatic N) is 2. The van der Waals surface area contributed by atoms with Crippen molar-refractivity contribution in [1.82, 2.24) is 9.80 Å². The van der Waals surface area contributed by atoms with Crippen LogP contribution in [0.5, 0.6) is 5.75 Å². The number of benzene rings is 1. The number of hydrogen-bond donors (Lipinski definition) is 0. The minimum absolute atomic E-state index is 0.0196. The zero-order valence-electron chi connectivity index (χ0n) is 14.7. The van der Waals surface area contributed by atoms with E-state index in [1.807, 2.05) is 24.3 Å². The van der Waals surface area contributed by atoms with Crippen LogP contribution in [0, 0.1) is 0 Å². The Morgan fingerprint density at radius 3 is 2.12 bits per heavy atom. The largest absolute Gasteiger partial charge is 0.496 e. The third kappa shape index (κ3) is 5.20. The van der Waals surface area contributed by atoms with Crippen molar-refractivity contribution >= 4 is 17.8 Å². The van der Waals surface area contributed by atoms with Crippen molar-refractivity contribution < 1.29 is 23.9 Å². The highest BCUT2D eigenvalue weighted by atomic mass is 16.5. The summed E-state index contributed by atoms with van der Waals surface area (Å²) in [4.78, 5) is 39.1. The first kappa shape index (κ1) is 18.8. The molecule has 0 saturated carbocycles. The van der Waals surface area contributed by atoms with Crippen LogP contribution in [0.4, 0.5) is 0 Å². The van der Waals surface area contributed by atoms with Crippen LogP contribution in [0.25, 0.3) is 0 Å². The monoisotopic (exact) mass is 348 g/mol. The summed E-state index contributed by atoms with van der Waals surface area (Å²) in [5.74, 6) is 0.250. The third-order valence-electron chi connectivity index (χ3n) is 4.29. The molecule has 1 aromatic carbocycles. The van der Waals surface area contributed by atoms with Gasteiger partial charge in [-0.3, -0.25) is 14.4 Å². The fourth-order valence-electron chi connectivity index (χ4n) is 2.80. The molecular formula is C18H24N2O5. The maximum atomic E-state index is 12.5. The fraction of sp³-hybridized carbons (Fsp3) is 0.500. The van der Waals surface area contributed by atoms with Crippen LogP contribution >= 0.6 is 0 Å². The zero-order valence-corrected chi connectivity index (χ0v) is 14.7. The van der Waals surface area contributed by atoms with Crippen LogP contribution < -0.4 is 4.74 Å². The van der Waals surface area contributed by atoms with Crippen molar-refractivity contribution in [1.29, 1.82) is 0 Å². The number of methoxy groups -OCH3 is 2. The maximum Gasteiger partial charge on any atom is 0.306 e. The zero-order chi connectivity index (χ0) is 18.2. The first-order chi connectivity index (χ1) is 12.0. The second-order valence-electron chi connectivity index (χ2n) is 5.83. The lowest BCUT2D eigenvalue weighted by Gasteiger charge is -2.35. The number of amides is 2. The molecule has 0 unspecified atom stereocenters. The van der Waals surface area contributed by atoms with E-state index < -0.39 is 0 Å². The molecular weight excluding hydrogens is 324 g/mol. The highest BCUT2D eigenvalue weighted by molar-refractivity contribution is 5.82. The molecule has 0 aromatic heterocycles. The Kier molecular flexibility index (Phi) is 6.80. The van der Waals surface area contributed by atoms with E-state index in [1.165, 1.54) is 7.11 Å². The summed E-state index contributed by atoms with van der Waals surface area (Å²) in [6.07, 6.45) is 0.504. The van der Waals surface area contributed by atoms with E-state index in [2.05, 4.69) is 4.74 Å². The molecule has 0 N–H and O–H groups in total. The molecule has 1 aliphatic heterocycles. The lowest BCUT2D eigenvalue weighted by atomic mass is 10.1. The van der Waals surface area contributed by atoms with Crippen LogP contribution in [0.15, 0.2) is 24.3 Å². The summed E-state index contributed by atoms with van der Waals surface area (Å²) in [7, 11) is 2.89. The molecule has 0 radical (unpaired) electrons. The number of piperazine rings is 1. The van der Waals surface area contributed by atoms with Crippen LogP contribution in [0.3, 0.4) is 0 Å². The summed E-state index contributed by atoms with van der Waals surface area (Å²) in [5.41, 5.74) is 0.853. The standard InChI is InChI=1S/C18H24N2O5/c1-24-15-6-4-3-5-14(15)13-17(22)20-11-9-19(10-12-20)16(21)7-8-18(23)25-2/h3-6H,7-13H2,1-2H3. The van der Waals surface area contributed by atoms with Gasteiger partial charge in [0.1, 0.15) is 5.75 Å². The van der Waals surface area contributed by atoms with Crippen molar-refractivity contribution in [2.45, 2.75) is 19.3 Å². The number of esters is 1. The molecule has 0 atom stereocenters. The molecule has 0 spiro atoms. The average molecular weight is 348 g/mol. The number of carbonyl (C=O) groups excluding carboxylic acids is 3. The van der Waals surface area contributed by atoms with Gasteiger partial charge in [-0.25, -0.2) is 0 Å². The molecule has 1 fully saturated rings. The van der Waals surface area contributed by atoms with E-state index in [9.17, 15) is 14.4 Å². The number of carbonyl (C=O) groups is 3. The number of rotatable bonds is 6. The highest BCUT2D eigenvalue weighted by Gasteiger charge is 2.24. The average Bonchev–Trinajstić information content (AvgIpc) is 2.66. The van der Waals surface area contributed by atoms with Crippen molar-refractivity contribution in [3.63, 3.8) is 0 Å². The predicted octanol–water partition coefficient (Wildman–Crippen LogP) is 0.862. The van der Waals surface area contributed by atoms with E-state index in [0.29, 0.717) is 31.9 Å². The van der Waals surface area contributed by atoms with Crippen molar-refractivity contribution in [3.8, 4) is 5.75 Å². The molecule has 136 valence electrons. The summed E-state index contributed by atoms with van der Waals surface area (Å²) in [6.45, 7) is 1.96. The van der Waals surface area contributed by atoms with Crippen LogP contribution in [-0.2, 0) is 25.5 Å². The van der Waals surface area contributed by atoms with Gasteiger partial charge in [-0.2, -0.15) is 0 Å². The predicted molar refractivity (Wildman–Crippen MR) is 91.1 cm³/mol. The summed E-state index contributed by atoms with van der Waals surface area (Å²) >= 11 is 0. The quantitative estimate of drug-likeness (QED) is 0.713. The third-order valence-corrected chi connectivity index (χ3v) is 4.29. The number of para-hydroxylation sites is 1. The topological polar surface area (TPSA) is 76.2 Å². The van der Waals surface area contributed by atoms with Gasteiger partial charge in [0.25, 0.3) is 0 Å². The van der Waals surface area contributed by atoms with E-state index in [0.717, 1.165) is 5.56 Å². The van der Waals surface area contributed by atoms with Crippen LogP contribution in [0.1, 0.15) is 18.4 Å². The molecule has 7 heteroatoms. The molecule has 2 amide bonds. The fourth-order valence-corrected chi connectivity index (χ4v) is 2.80. The van der Waals surface area contributed by atoms with Crippen molar-refractivity contribution in [2.24, 2.45) is 0 Å². The first-order valence-electron chi connectivity index (χ1n) is 8.29. The molecule has 25 heavy (non-hydrogen) atoms. The van der Waals surface area contributed by atoms with E-state index in [4.69, 9.17) is 4.74 Å². The smallest absolute Gasteiger partial charge is 0.306 e. The first-order valence-corrected chi connectivity index (χ1v) is 8.29. The Morgan fingerprint density at radius 1 is 0.920 bits per heavy atom. The lowest BCUT2D eigenvalue weighted by molar-refractivity contribution is -0.144. The van der Waals surface area contributed by atoms with Gasteiger partial charge in [0, 0.05) is 38.2 Å². The lowest BCUT2D eigenvalue weighted by Crippen LogP contribution is -2.51. The number of ether oxygens (including phenoxy) is 2. The van der Waals surface area contributed by atoms with Gasteiger partial charge in [0.05, 0.1) is 27.1 Å². The van der Waals surface area contributed by atoms with Gasteiger partial charge in [-0.15, -0.1) is 0 Å². The summed E-state index contributed by atoms with van der Waals surface area (Å²) in [6, 6.07) is 7.46. The Morgan fingerprint density at radius 2 is 1.52 bits per heavy atom. The van der Waals surface area contributed by atoms with Crippen molar-refractivity contribution in [2.75, 3.05) is 40.4 Å². The van der Waals surface area contributed by atoms with Gasteiger partial charge in [-0.05, 0) is 6.07 Å². The highest BCUT2D eigenvalue weighted by Crippen LogP contribution is 2.19. The van der Waals surface area contributed by atoms with E-state index >= 15 is 0 Å². The second-order valence-corrected chi connectivity index (χ2v) is 5.83. The number of hydrogen-bond acceptors (Lipinski definition) is 5. The molecule has 1 heterocycles. The molecule has 7 nitrogen and oxygen atoms in total. The van der Waals surface area contributed by atoms with Gasteiger partial charge < -0.3 is 19.3 Å². The summed E-state index contributed by atoms with van der Waals surface area (Å²) < 4.78 is 9.82. The Balaban J connectivity index is 1.82. The molecule has 1 aliphatic rings. The minimum atomic E-state index is -0.390. The molecule has 0 bridgehead atoms. The van der Waals surface area contributed by atoms with Gasteiger partial charge >= 0.3 is 5.97 Å². The van der Waals surface area contributed by atoms with Gasteiger partial charge in [0.2, 0.25) is 11.8 Å². The van der Waals surface area contributed by atoms with Crippen LogP contribution in [0.2, 0.25) is 0 Å². The molecule has 1 saturated heterocycles. The normalized spacial score (nSPS) is 14.2. The molecule has 1 aromatic rings. The summed E-state index contributed by atoms with van der Waals surface area (Å²) in [5, 5.41) is 0.